The third-order valence-electron chi connectivity index (χ3n) is 3.81. The second kappa shape index (κ2) is 6.22. The quantitative estimate of drug-likeness (QED) is 0.916. The number of likely N-dealkylation sites (tertiary alicyclic amines) is 1. The lowest BCUT2D eigenvalue weighted by atomic mass is 10.0. The molecule has 1 N–H and O–H groups in total. The fourth-order valence-electron chi connectivity index (χ4n) is 2.59. The molecule has 1 heterocycles. The molecule has 110 valence electrons. The van der Waals surface area contributed by atoms with E-state index in [0.29, 0.717) is 12.3 Å². The first-order valence-corrected chi connectivity index (χ1v) is 6.86. The monoisotopic (exact) mass is 281 g/mol. The number of hydrogen-bond donors (Lipinski definition) is 1. The highest BCUT2D eigenvalue weighted by Gasteiger charge is 2.36. The van der Waals surface area contributed by atoms with Gasteiger partial charge in [0.05, 0.1) is 12.6 Å². The Kier molecular flexibility index (Phi) is 4.60. The molecular weight excluding hydrogens is 261 g/mol. The van der Waals surface area contributed by atoms with Gasteiger partial charge in [-0.2, -0.15) is 0 Å². The Morgan fingerprint density at radius 2 is 2.35 bits per heavy atom. The van der Waals surface area contributed by atoms with Crippen molar-refractivity contribution in [2.45, 2.75) is 32.4 Å². The maximum atomic E-state index is 13.1. The van der Waals surface area contributed by atoms with E-state index in [4.69, 9.17) is 4.74 Å². The van der Waals surface area contributed by atoms with E-state index in [-0.39, 0.29) is 24.5 Å². The molecule has 0 radical (unpaired) electrons. The van der Waals surface area contributed by atoms with Crippen LogP contribution in [0, 0.1) is 11.7 Å². The van der Waals surface area contributed by atoms with E-state index >= 15 is 0 Å². The molecule has 3 atom stereocenters. The van der Waals surface area contributed by atoms with Gasteiger partial charge in [-0.05, 0) is 31.4 Å². The maximum absolute atomic E-state index is 13.1. The zero-order valence-corrected chi connectivity index (χ0v) is 11.8. The average Bonchev–Trinajstić information content (AvgIpc) is 2.78. The van der Waals surface area contributed by atoms with Crippen molar-refractivity contribution in [3.05, 3.63) is 30.1 Å². The first-order chi connectivity index (χ1) is 9.52. The first-order valence-electron chi connectivity index (χ1n) is 6.86. The summed E-state index contributed by atoms with van der Waals surface area (Å²) in [5, 5.41) is 9.38. The molecule has 1 amide bonds. The van der Waals surface area contributed by atoms with Gasteiger partial charge in [-0.15, -0.1) is 0 Å². The zero-order chi connectivity index (χ0) is 14.7. The number of hydrogen-bond acceptors (Lipinski definition) is 3. The molecule has 2 rings (SSSR count). The molecule has 0 saturated carbocycles. The number of ether oxygens (including phenoxy) is 1. The fraction of sp³-hybridized carbons (Fsp3) is 0.533. The molecule has 1 aliphatic heterocycles. The zero-order valence-electron chi connectivity index (χ0n) is 11.8. The number of amides is 1. The minimum Gasteiger partial charge on any atom is -0.481 e. The Morgan fingerprint density at radius 1 is 1.60 bits per heavy atom. The average molecular weight is 281 g/mol. The number of rotatable bonds is 4. The Morgan fingerprint density at radius 3 is 3.00 bits per heavy atom. The second-order valence-corrected chi connectivity index (χ2v) is 5.26. The molecule has 3 unspecified atom stereocenters. The van der Waals surface area contributed by atoms with Gasteiger partial charge in [0.2, 0.25) is 0 Å². The number of carbonyl (C=O) groups excluding carboxylic acids is 1. The van der Waals surface area contributed by atoms with Crippen LogP contribution in [0.15, 0.2) is 24.3 Å². The van der Waals surface area contributed by atoms with Crippen LogP contribution < -0.4 is 4.74 Å². The smallest absolute Gasteiger partial charge is 0.263 e. The van der Waals surface area contributed by atoms with Crippen molar-refractivity contribution in [3.63, 3.8) is 0 Å². The predicted octanol–water partition coefficient (Wildman–Crippen LogP) is 1.82. The van der Waals surface area contributed by atoms with Gasteiger partial charge in [0.1, 0.15) is 11.6 Å². The van der Waals surface area contributed by atoms with Crippen LogP contribution in [0.5, 0.6) is 5.75 Å². The molecule has 0 spiro atoms. The molecule has 1 aromatic carbocycles. The summed E-state index contributed by atoms with van der Waals surface area (Å²) in [6.45, 7) is 4.25. The Bertz CT molecular complexity index is 480. The van der Waals surface area contributed by atoms with Crippen molar-refractivity contribution in [1.29, 1.82) is 0 Å². The maximum Gasteiger partial charge on any atom is 0.263 e. The van der Waals surface area contributed by atoms with Crippen molar-refractivity contribution >= 4 is 5.91 Å². The summed E-state index contributed by atoms with van der Waals surface area (Å²) < 4.78 is 18.6. The number of benzene rings is 1. The number of aliphatic hydroxyl groups is 1. The summed E-state index contributed by atoms with van der Waals surface area (Å²) in [6, 6.07) is 5.57. The molecule has 0 aromatic heterocycles. The van der Waals surface area contributed by atoms with E-state index in [0.717, 1.165) is 6.42 Å². The van der Waals surface area contributed by atoms with Gasteiger partial charge in [0.15, 0.2) is 6.10 Å². The Labute approximate surface area is 118 Å². The standard InChI is InChI=1S/C15H20FNO3/c1-10-6-7-17(14(10)9-18)15(19)11(2)20-13-5-3-4-12(16)8-13/h3-5,8,10-11,14,18H,6-7,9H2,1-2H3. The number of halogens is 1. The molecule has 4 nitrogen and oxygen atoms in total. The van der Waals surface area contributed by atoms with Gasteiger partial charge < -0.3 is 14.7 Å². The molecular formula is C15H20FNO3. The van der Waals surface area contributed by atoms with E-state index in [9.17, 15) is 14.3 Å². The Balaban J connectivity index is 2.02. The van der Waals surface area contributed by atoms with Gasteiger partial charge in [0.25, 0.3) is 5.91 Å². The van der Waals surface area contributed by atoms with Crippen LogP contribution in [0.3, 0.4) is 0 Å². The van der Waals surface area contributed by atoms with Crippen LogP contribution in [-0.2, 0) is 4.79 Å². The highest BCUT2D eigenvalue weighted by molar-refractivity contribution is 5.81. The third kappa shape index (κ3) is 3.10. The topological polar surface area (TPSA) is 49.8 Å². The molecule has 5 heteroatoms. The third-order valence-corrected chi connectivity index (χ3v) is 3.81. The molecule has 20 heavy (non-hydrogen) atoms. The molecule has 1 fully saturated rings. The van der Waals surface area contributed by atoms with Crippen LogP contribution >= 0.6 is 0 Å². The van der Waals surface area contributed by atoms with Crippen LogP contribution in [0.25, 0.3) is 0 Å². The second-order valence-electron chi connectivity index (χ2n) is 5.26. The lowest BCUT2D eigenvalue weighted by Crippen LogP contribution is -2.45. The summed E-state index contributed by atoms with van der Waals surface area (Å²) in [5.41, 5.74) is 0. The highest BCUT2D eigenvalue weighted by atomic mass is 19.1. The minimum atomic E-state index is -0.698. The minimum absolute atomic E-state index is 0.0421. The molecule has 1 aromatic rings. The normalized spacial score (nSPS) is 23.7. The highest BCUT2D eigenvalue weighted by Crippen LogP contribution is 2.25. The van der Waals surface area contributed by atoms with E-state index in [1.807, 2.05) is 6.92 Å². The molecule has 0 aliphatic carbocycles. The Hall–Kier alpha value is -1.62. The molecule has 0 bridgehead atoms. The van der Waals surface area contributed by atoms with E-state index in [1.54, 1.807) is 17.9 Å². The predicted molar refractivity (Wildman–Crippen MR) is 72.9 cm³/mol. The molecule has 1 aliphatic rings. The van der Waals surface area contributed by atoms with Crippen molar-refractivity contribution < 1.29 is 19.0 Å². The van der Waals surface area contributed by atoms with Gasteiger partial charge in [-0.1, -0.05) is 13.0 Å². The number of aliphatic hydroxyl groups excluding tert-OH is 1. The largest absolute Gasteiger partial charge is 0.481 e. The van der Waals surface area contributed by atoms with Crippen molar-refractivity contribution in [2.75, 3.05) is 13.2 Å². The summed E-state index contributed by atoms with van der Waals surface area (Å²) in [4.78, 5) is 14.0. The van der Waals surface area contributed by atoms with Crippen molar-refractivity contribution in [2.24, 2.45) is 5.92 Å². The van der Waals surface area contributed by atoms with Gasteiger partial charge in [0, 0.05) is 12.6 Å². The molecule has 1 saturated heterocycles. The van der Waals surface area contributed by atoms with E-state index < -0.39 is 11.9 Å². The van der Waals surface area contributed by atoms with Crippen LogP contribution in [0.2, 0.25) is 0 Å². The van der Waals surface area contributed by atoms with E-state index in [1.165, 1.54) is 18.2 Å². The van der Waals surface area contributed by atoms with E-state index in [2.05, 4.69) is 0 Å². The van der Waals surface area contributed by atoms with Crippen LogP contribution in [-0.4, -0.2) is 41.2 Å². The lowest BCUT2D eigenvalue weighted by molar-refractivity contribution is -0.139. The van der Waals surface area contributed by atoms with Crippen molar-refractivity contribution in [3.8, 4) is 5.75 Å². The van der Waals surface area contributed by atoms with Crippen LogP contribution in [0.1, 0.15) is 20.3 Å². The summed E-state index contributed by atoms with van der Waals surface area (Å²) >= 11 is 0. The van der Waals surface area contributed by atoms with Gasteiger partial charge >= 0.3 is 0 Å². The fourth-order valence-corrected chi connectivity index (χ4v) is 2.59. The van der Waals surface area contributed by atoms with Gasteiger partial charge in [-0.3, -0.25) is 4.79 Å². The number of carbonyl (C=O) groups is 1. The van der Waals surface area contributed by atoms with Gasteiger partial charge in [-0.25, -0.2) is 4.39 Å². The SMILES string of the molecule is CC(Oc1cccc(F)c1)C(=O)N1CCC(C)C1CO. The number of nitrogens with zero attached hydrogens (tertiary/aromatic N) is 1. The van der Waals surface area contributed by atoms with Crippen molar-refractivity contribution in [1.82, 2.24) is 4.90 Å². The summed E-state index contributed by atoms with van der Waals surface area (Å²) in [7, 11) is 0. The van der Waals surface area contributed by atoms with Crippen LogP contribution in [0.4, 0.5) is 4.39 Å². The summed E-state index contributed by atoms with van der Waals surface area (Å²) in [5.74, 6) is 0.0480. The lowest BCUT2D eigenvalue weighted by Gasteiger charge is -2.28. The summed E-state index contributed by atoms with van der Waals surface area (Å²) in [6.07, 6.45) is 0.181. The first kappa shape index (κ1) is 14.8.